The predicted octanol–water partition coefficient (Wildman–Crippen LogP) is 1.50. The molecule has 4 N–H and O–H groups in total. The fourth-order valence-corrected chi connectivity index (χ4v) is 2.15. The molecule has 1 aromatic carbocycles. The van der Waals surface area contributed by atoms with E-state index in [2.05, 4.69) is 10.2 Å². The van der Waals surface area contributed by atoms with Crippen molar-refractivity contribution >= 4 is 0 Å². The highest BCUT2D eigenvalue weighted by atomic mass is 16.5. The Balaban J connectivity index is 2.64. The molecule has 102 valence electrons. The molecule has 0 aliphatic rings. The zero-order valence-electron chi connectivity index (χ0n) is 11.5. The van der Waals surface area contributed by atoms with Crippen LogP contribution in [0.3, 0.4) is 0 Å². The first-order valence-corrected chi connectivity index (χ1v) is 6.23. The Morgan fingerprint density at radius 1 is 1.21 bits per heavy atom. The lowest BCUT2D eigenvalue weighted by Crippen LogP contribution is -2.12. The van der Waals surface area contributed by atoms with Crippen molar-refractivity contribution in [2.75, 3.05) is 13.7 Å². The van der Waals surface area contributed by atoms with E-state index in [1.54, 1.807) is 7.11 Å². The summed E-state index contributed by atoms with van der Waals surface area (Å²) in [6, 6.07) is 4.00. The summed E-state index contributed by atoms with van der Waals surface area (Å²) in [6.45, 7) is 4.50. The van der Waals surface area contributed by atoms with E-state index < -0.39 is 0 Å². The summed E-state index contributed by atoms with van der Waals surface area (Å²) in [5.41, 5.74) is 10.1. The van der Waals surface area contributed by atoms with Crippen LogP contribution in [0.5, 0.6) is 5.75 Å². The molecule has 5 heteroatoms. The van der Waals surface area contributed by atoms with Crippen molar-refractivity contribution in [2.45, 2.75) is 20.3 Å². The minimum atomic E-state index is -0.124. The number of aryl methyl sites for hydroxylation is 2. The van der Waals surface area contributed by atoms with Gasteiger partial charge in [-0.05, 0) is 50.1 Å². The number of aromatic nitrogens is 2. The summed E-state index contributed by atoms with van der Waals surface area (Å²) in [5.74, 6) is 0.747. The highest BCUT2D eigenvalue weighted by Gasteiger charge is 2.16. The van der Waals surface area contributed by atoms with Gasteiger partial charge in [0.25, 0.3) is 5.56 Å². The molecule has 0 bridgehead atoms. The lowest BCUT2D eigenvalue weighted by Gasteiger charge is -2.11. The Hall–Kier alpha value is -2.01. The van der Waals surface area contributed by atoms with Gasteiger partial charge in [-0.15, -0.1) is 0 Å². The number of hydrogen-bond acceptors (Lipinski definition) is 3. The van der Waals surface area contributed by atoms with Crippen molar-refractivity contribution in [3.8, 4) is 17.0 Å². The predicted molar refractivity (Wildman–Crippen MR) is 75.6 cm³/mol. The third kappa shape index (κ3) is 2.42. The third-order valence-electron chi connectivity index (χ3n) is 3.36. The van der Waals surface area contributed by atoms with Gasteiger partial charge in [-0.3, -0.25) is 15.0 Å². The van der Waals surface area contributed by atoms with Crippen LogP contribution < -0.4 is 16.0 Å². The second kappa shape index (κ2) is 5.32. The maximum absolute atomic E-state index is 11.8. The minimum absolute atomic E-state index is 0.124. The molecule has 19 heavy (non-hydrogen) atoms. The molecule has 0 aliphatic carbocycles. The van der Waals surface area contributed by atoms with E-state index in [0.29, 0.717) is 18.5 Å². The third-order valence-corrected chi connectivity index (χ3v) is 3.36. The molecule has 0 saturated carbocycles. The fraction of sp³-hybridized carbons (Fsp3) is 0.357. The Kier molecular flexibility index (Phi) is 3.76. The standard InChI is InChI=1S/C14H19N3O2/c1-8-6-11(12(19-3)7-9(8)2)13-10(4-5-15)14(18)17-16-13/h6-7H,4-5,15H2,1-3H3,(H2,16,17,18). The second-order valence-corrected chi connectivity index (χ2v) is 4.61. The average Bonchev–Trinajstić information content (AvgIpc) is 2.74. The van der Waals surface area contributed by atoms with Crippen molar-refractivity contribution in [1.82, 2.24) is 10.2 Å². The monoisotopic (exact) mass is 261 g/mol. The Morgan fingerprint density at radius 3 is 2.53 bits per heavy atom. The van der Waals surface area contributed by atoms with E-state index in [9.17, 15) is 4.79 Å². The molecule has 0 atom stereocenters. The first-order chi connectivity index (χ1) is 9.08. The second-order valence-electron chi connectivity index (χ2n) is 4.61. The lowest BCUT2D eigenvalue weighted by atomic mass is 10.00. The van der Waals surface area contributed by atoms with E-state index in [1.807, 2.05) is 26.0 Å². The van der Waals surface area contributed by atoms with Crippen LogP contribution in [0.25, 0.3) is 11.3 Å². The van der Waals surface area contributed by atoms with Gasteiger partial charge in [-0.25, -0.2) is 0 Å². The van der Waals surface area contributed by atoms with Gasteiger partial charge in [0, 0.05) is 11.1 Å². The largest absolute Gasteiger partial charge is 0.496 e. The molecule has 0 spiro atoms. The van der Waals surface area contributed by atoms with Gasteiger partial charge in [0.1, 0.15) is 5.75 Å². The highest BCUT2D eigenvalue weighted by Crippen LogP contribution is 2.32. The van der Waals surface area contributed by atoms with Crippen LogP contribution in [0.2, 0.25) is 0 Å². The number of rotatable bonds is 4. The van der Waals surface area contributed by atoms with Gasteiger partial charge in [-0.1, -0.05) is 0 Å². The molecule has 2 aromatic rings. The fourth-order valence-electron chi connectivity index (χ4n) is 2.15. The van der Waals surface area contributed by atoms with E-state index in [4.69, 9.17) is 10.5 Å². The first-order valence-electron chi connectivity index (χ1n) is 6.23. The Morgan fingerprint density at radius 2 is 1.89 bits per heavy atom. The summed E-state index contributed by atoms with van der Waals surface area (Å²) in [6.07, 6.45) is 0.532. The number of benzene rings is 1. The van der Waals surface area contributed by atoms with Crippen LogP contribution in [0.4, 0.5) is 0 Å². The molecule has 0 unspecified atom stereocenters. The zero-order chi connectivity index (χ0) is 14.0. The van der Waals surface area contributed by atoms with Crippen LogP contribution in [-0.4, -0.2) is 23.9 Å². The summed E-state index contributed by atoms with van der Waals surface area (Å²) in [4.78, 5) is 11.8. The summed E-state index contributed by atoms with van der Waals surface area (Å²) < 4.78 is 5.41. The van der Waals surface area contributed by atoms with Crippen LogP contribution >= 0.6 is 0 Å². The van der Waals surface area contributed by atoms with E-state index in [1.165, 1.54) is 0 Å². The van der Waals surface area contributed by atoms with Crippen molar-refractivity contribution in [2.24, 2.45) is 5.73 Å². The molecule has 0 fully saturated rings. The van der Waals surface area contributed by atoms with E-state index >= 15 is 0 Å². The molecule has 0 saturated heterocycles. The first kappa shape index (κ1) is 13.4. The van der Waals surface area contributed by atoms with Gasteiger partial charge < -0.3 is 10.5 Å². The minimum Gasteiger partial charge on any atom is -0.496 e. The number of nitrogens with two attached hydrogens (primary N) is 1. The summed E-state index contributed by atoms with van der Waals surface area (Å²) in [7, 11) is 1.63. The SMILES string of the molecule is COc1cc(C)c(C)cc1-c1[nH][nH]c(=O)c1CCN. The molecule has 1 aromatic heterocycles. The van der Waals surface area contributed by atoms with E-state index in [0.717, 1.165) is 28.1 Å². The van der Waals surface area contributed by atoms with Crippen LogP contribution in [-0.2, 0) is 6.42 Å². The quantitative estimate of drug-likeness (QED) is 0.779. The van der Waals surface area contributed by atoms with Crippen LogP contribution in [0.15, 0.2) is 16.9 Å². The molecule has 0 radical (unpaired) electrons. The van der Waals surface area contributed by atoms with Crippen molar-refractivity contribution in [3.63, 3.8) is 0 Å². The molecular weight excluding hydrogens is 242 g/mol. The molecule has 0 amide bonds. The average molecular weight is 261 g/mol. The highest BCUT2D eigenvalue weighted by molar-refractivity contribution is 5.71. The van der Waals surface area contributed by atoms with Crippen molar-refractivity contribution in [1.29, 1.82) is 0 Å². The molecule has 0 aliphatic heterocycles. The van der Waals surface area contributed by atoms with Gasteiger partial charge in [-0.2, -0.15) is 0 Å². The molecule has 1 heterocycles. The van der Waals surface area contributed by atoms with Crippen molar-refractivity contribution in [3.05, 3.63) is 39.2 Å². The molecule has 5 nitrogen and oxygen atoms in total. The van der Waals surface area contributed by atoms with Crippen LogP contribution in [0, 0.1) is 13.8 Å². The summed E-state index contributed by atoms with van der Waals surface area (Å²) in [5, 5.41) is 5.54. The maximum atomic E-state index is 11.8. The molecular formula is C14H19N3O2. The topological polar surface area (TPSA) is 83.9 Å². The number of hydrogen-bond donors (Lipinski definition) is 3. The molecule has 2 rings (SSSR count). The van der Waals surface area contributed by atoms with Gasteiger partial charge >= 0.3 is 0 Å². The Bertz CT molecular complexity index is 641. The zero-order valence-corrected chi connectivity index (χ0v) is 11.5. The maximum Gasteiger partial charge on any atom is 0.267 e. The van der Waals surface area contributed by atoms with Crippen LogP contribution in [0.1, 0.15) is 16.7 Å². The number of ether oxygens (including phenoxy) is 1. The number of aromatic amines is 2. The van der Waals surface area contributed by atoms with Gasteiger partial charge in [0.2, 0.25) is 0 Å². The van der Waals surface area contributed by atoms with Gasteiger partial charge in [0.05, 0.1) is 12.8 Å². The summed E-state index contributed by atoms with van der Waals surface area (Å²) >= 11 is 0. The van der Waals surface area contributed by atoms with Crippen molar-refractivity contribution < 1.29 is 4.74 Å². The lowest BCUT2D eigenvalue weighted by molar-refractivity contribution is 0.416. The van der Waals surface area contributed by atoms with E-state index in [-0.39, 0.29) is 5.56 Å². The van der Waals surface area contributed by atoms with Gasteiger partial charge in [0.15, 0.2) is 0 Å². The Labute approximate surface area is 111 Å². The number of H-pyrrole nitrogens is 2. The normalized spacial score (nSPS) is 10.7. The number of methoxy groups -OCH3 is 1. The number of nitrogens with one attached hydrogen (secondary N) is 2. The smallest absolute Gasteiger partial charge is 0.267 e.